The van der Waals surface area contributed by atoms with Crippen LogP contribution in [-0.4, -0.2) is 54.2 Å². The monoisotopic (exact) mass is 473 g/mol. The molecule has 0 aliphatic carbocycles. The Morgan fingerprint density at radius 3 is 2.46 bits per heavy atom. The first kappa shape index (κ1) is 23.9. The Morgan fingerprint density at radius 1 is 0.971 bits per heavy atom. The van der Waals surface area contributed by atoms with E-state index in [0.29, 0.717) is 35.7 Å². The van der Waals surface area contributed by atoms with Crippen LogP contribution in [0.3, 0.4) is 0 Å². The van der Waals surface area contributed by atoms with E-state index in [-0.39, 0.29) is 18.4 Å². The number of nitrogens with zero attached hydrogens (tertiary/aromatic N) is 4. The van der Waals surface area contributed by atoms with E-state index < -0.39 is 6.04 Å². The zero-order chi connectivity index (χ0) is 24.6. The first-order valence-corrected chi connectivity index (χ1v) is 11.2. The maximum Gasteiger partial charge on any atom is 0.249 e. The van der Waals surface area contributed by atoms with E-state index in [2.05, 4.69) is 15.6 Å². The third-order valence-corrected chi connectivity index (χ3v) is 5.55. The Kier molecular flexibility index (Phi) is 7.69. The van der Waals surface area contributed by atoms with E-state index in [1.165, 1.54) is 16.7 Å². The van der Waals surface area contributed by atoms with E-state index in [9.17, 15) is 9.59 Å². The van der Waals surface area contributed by atoms with Crippen LogP contribution < -0.4 is 15.0 Å². The molecule has 4 rings (SSSR count). The Labute approximate surface area is 203 Å². The van der Waals surface area contributed by atoms with Crippen LogP contribution in [0.5, 0.6) is 5.75 Å². The maximum absolute atomic E-state index is 13.9. The molecule has 0 fully saturated rings. The normalized spacial score (nSPS) is 11.7. The summed E-state index contributed by atoms with van der Waals surface area (Å²) in [7, 11) is 3.09. The van der Waals surface area contributed by atoms with Crippen molar-refractivity contribution in [2.75, 3.05) is 32.3 Å². The number of anilines is 1. The molecule has 3 aromatic carbocycles. The summed E-state index contributed by atoms with van der Waals surface area (Å²) >= 11 is 0. The number of rotatable bonds is 10. The van der Waals surface area contributed by atoms with Gasteiger partial charge in [-0.3, -0.25) is 14.5 Å². The van der Waals surface area contributed by atoms with Gasteiger partial charge in [-0.1, -0.05) is 59.8 Å². The zero-order valence-corrected chi connectivity index (χ0v) is 19.6. The largest absolute Gasteiger partial charge is 0.495 e. The van der Waals surface area contributed by atoms with Crippen LogP contribution in [0.25, 0.3) is 11.0 Å². The predicted molar refractivity (Wildman–Crippen MR) is 132 cm³/mol. The molecule has 2 amide bonds. The summed E-state index contributed by atoms with van der Waals surface area (Å²) in [5.74, 6) is -0.216. The molecule has 1 unspecified atom stereocenters. The van der Waals surface area contributed by atoms with Crippen molar-refractivity contribution >= 4 is 28.5 Å². The molecule has 0 aliphatic heterocycles. The first-order valence-electron chi connectivity index (χ1n) is 11.2. The van der Waals surface area contributed by atoms with Crippen molar-refractivity contribution in [3.63, 3.8) is 0 Å². The van der Waals surface area contributed by atoms with Crippen molar-refractivity contribution < 1.29 is 19.1 Å². The summed E-state index contributed by atoms with van der Waals surface area (Å²) in [6.45, 7) is 0.536. The van der Waals surface area contributed by atoms with E-state index in [1.807, 2.05) is 60.7 Å². The Hall–Kier alpha value is -4.24. The number of aromatic nitrogens is 3. The number of methoxy groups -OCH3 is 2. The lowest BCUT2D eigenvalue weighted by Gasteiger charge is -2.32. The second kappa shape index (κ2) is 11.3. The van der Waals surface area contributed by atoms with Gasteiger partial charge in [0.15, 0.2) is 0 Å². The minimum atomic E-state index is -0.952. The molecule has 0 spiro atoms. The van der Waals surface area contributed by atoms with Crippen LogP contribution >= 0.6 is 0 Å². The van der Waals surface area contributed by atoms with Gasteiger partial charge >= 0.3 is 0 Å². The fourth-order valence-corrected chi connectivity index (χ4v) is 3.91. The highest BCUT2D eigenvalue weighted by molar-refractivity contribution is 6.02. The first-order chi connectivity index (χ1) is 17.1. The van der Waals surface area contributed by atoms with E-state index in [0.717, 1.165) is 5.52 Å². The number of fused-ring (bicyclic) bond motifs is 1. The summed E-state index contributed by atoms with van der Waals surface area (Å²) in [5, 5.41) is 11.2. The van der Waals surface area contributed by atoms with Crippen molar-refractivity contribution in [2.24, 2.45) is 0 Å². The number of carbonyl (C=O) groups excluding carboxylic acids is 2. The number of carbonyl (C=O) groups is 2. The molecule has 1 heterocycles. The molecular weight excluding hydrogens is 446 g/mol. The smallest absolute Gasteiger partial charge is 0.249 e. The molecule has 35 heavy (non-hydrogen) atoms. The molecule has 9 heteroatoms. The quantitative estimate of drug-likeness (QED) is 0.356. The molecule has 1 atom stereocenters. The van der Waals surface area contributed by atoms with Crippen LogP contribution in [0.1, 0.15) is 11.6 Å². The highest BCUT2D eigenvalue weighted by atomic mass is 16.5. The molecule has 9 nitrogen and oxygen atoms in total. The predicted octanol–water partition coefficient (Wildman–Crippen LogP) is 2.98. The summed E-state index contributed by atoms with van der Waals surface area (Å²) in [4.78, 5) is 28.9. The molecule has 0 saturated carbocycles. The fourth-order valence-electron chi connectivity index (χ4n) is 3.91. The lowest BCUT2D eigenvalue weighted by molar-refractivity contribution is -0.127. The molecular formula is C26H27N5O4. The average Bonchev–Trinajstić information content (AvgIpc) is 3.30. The lowest BCUT2D eigenvalue weighted by Crippen LogP contribution is -2.46. The van der Waals surface area contributed by atoms with Gasteiger partial charge in [0.05, 0.1) is 24.9 Å². The highest BCUT2D eigenvalue weighted by Gasteiger charge is 2.34. The third kappa shape index (κ3) is 5.30. The number of benzene rings is 3. The Bertz CT molecular complexity index is 1290. The van der Waals surface area contributed by atoms with Crippen molar-refractivity contribution in [1.82, 2.24) is 20.3 Å². The van der Waals surface area contributed by atoms with Gasteiger partial charge in [0, 0.05) is 13.7 Å². The number of para-hydroxylation sites is 3. The van der Waals surface area contributed by atoms with Crippen molar-refractivity contribution in [3.8, 4) is 5.75 Å². The van der Waals surface area contributed by atoms with Crippen LogP contribution in [0.4, 0.5) is 5.69 Å². The lowest BCUT2D eigenvalue weighted by atomic mass is 10.0. The van der Waals surface area contributed by atoms with E-state index >= 15 is 0 Å². The van der Waals surface area contributed by atoms with Crippen LogP contribution in [0.15, 0.2) is 78.9 Å². The zero-order valence-electron chi connectivity index (χ0n) is 19.6. The van der Waals surface area contributed by atoms with Gasteiger partial charge in [0.1, 0.15) is 23.9 Å². The van der Waals surface area contributed by atoms with Crippen LogP contribution in [0, 0.1) is 0 Å². The minimum Gasteiger partial charge on any atom is -0.495 e. The number of hydrogen-bond donors (Lipinski definition) is 1. The Balaban J connectivity index is 1.79. The van der Waals surface area contributed by atoms with Crippen molar-refractivity contribution in [1.29, 1.82) is 0 Å². The summed E-state index contributed by atoms with van der Waals surface area (Å²) in [6.07, 6.45) is 0. The molecule has 0 radical (unpaired) electrons. The Morgan fingerprint density at radius 2 is 1.69 bits per heavy atom. The molecule has 180 valence electrons. The second-order valence-corrected chi connectivity index (χ2v) is 7.77. The van der Waals surface area contributed by atoms with Crippen molar-refractivity contribution in [2.45, 2.75) is 12.6 Å². The highest BCUT2D eigenvalue weighted by Crippen LogP contribution is 2.35. The molecule has 0 aliphatic rings. The maximum atomic E-state index is 13.9. The average molecular weight is 474 g/mol. The number of ether oxygens (including phenoxy) is 2. The molecule has 4 aromatic rings. The number of amides is 2. The van der Waals surface area contributed by atoms with Crippen LogP contribution in [0.2, 0.25) is 0 Å². The van der Waals surface area contributed by atoms with E-state index in [4.69, 9.17) is 9.47 Å². The van der Waals surface area contributed by atoms with Gasteiger partial charge in [-0.25, -0.2) is 4.68 Å². The molecule has 0 bridgehead atoms. The minimum absolute atomic E-state index is 0.118. The van der Waals surface area contributed by atoms with Gasteiger partial charge in [-0.15, -0.1) is 5.10 Å². The summed E-state index contributed by atoms with van der Waals surface area (Å²) in [6, 6.07) is 22.7. The van der Waals surface area contributed by atoms with Gasteiger partial charge in [-0.05, 0) is 29.8 Å². The summed E-state index contributed by atoms with van der Waals surface area (Å²) < 4.78 is 12.2. The molecule has 1 aromatic heterocycles. The third-order valence-electron chi connectivity index (χ3n) is 5.55. The second-order valence-electron chi connectivity index (χ2n) is 7.77. The van der Waals surface area contributed by atoms with Gasteiger partial charge in [0.25, 0.3) is 0 Å². The van der Waals surface area contributed by atoms with Gasteiger partial charge < -0.3 is 14.8 Å². The van der Waals surface area contributed by atoms with Gasteiger partial charge in [-0.2, -0.15) is 0 Å². The molecule has 1 N–H and O–H groups in total. The fraction of sp³-hybridized carbons (Fsp3) is 0.231. The number of hydrogen-bond acceptors (Lipinski definition) is 6. The van der Waals surface area contributed by atoms with E-state index in [1.54, 1.807) is 25.3 Å². The number of nitrogens with one attached hydrogen (secondary N) is 1. The molecule has 0 saturated heterocycles. The topological polar surface area (TPSA) is 98.6 Å². The van der Waals surface area contributed by atoms with Crippen LogP contribution in [-0.2, 0) is 20.9 Å². The van der Waals surface area contributed by atoms with Gasteiger partial charge in [0.2, 0.25) is 11.8 Å². The SMILES string of the molecule is COCCNC(=O)C(c1ccccc1)N(C(=O)Cn1nnc2ccccc21)c1ccccc1OC. The standard InChI is InChI=1S/C26H27N5O4/c1-34-17-16-27-26(33)25(19-10-4-3-5-11-19)31(22-14-8-9-15-23(22)35-2)24(32)18-30-21-13-7-6-12-20(21)28-29-30/h3-15,25H,16-18H2,1-2H3,(H,27,33). The van der Waals surface area contributed by atoms with Crippen molar-refractivity contribution in [3.05, 3.63) is 84.4 Å². The summed E-state index contributed by atoms with van der Waals surface area (Å²) in [5.41, 5.74) is 2.54.